The number of nitrogens with zero attached hydrogens (tertiary/aromatic N) is 1. The maximum atomic E-state index is 11.9. The van der Waals surface area contributed by atoms with Crippen LogP contribution >= 0.6 is 0 Å². The lowest BCUT2D eigenvalue weighted by Gasteiger charge is -2.16. The number of hydrogen-bond donors (Lipinski definition) is 1. The quantitative estimate of drug-likeness (QED) is 0.654. The van der Waals surface area contributed by atoms with Gasteiger partial charge in [-0.2, -0.15) is 0 Å². The first-order chi connectivity index (χ1) is 9.08. The second kappa shape index (κ2) is 4.05. The molecular weight excluding hydrogens is 246 g/mol. The molecule has 1 heterocycles. The lowest BCUT2D eigenvalue weighted by Crippen LogP contribution is -2.32. The van der Waals surface area contributed by atoms with Crippen LogP contribution in [0.1, 0.15) is 12.0 Å². The third kappa shape index (κ3) is 1.93. The van der Waals surface area contributed by atoms with Gasteiger partial charge < -0.3 is 5.11 Å². The molecule has 0 bridgehead atoms. The maximum Gasteiger partial charge on any atom is 0.328 e. The largest absolute Gasteiger partial charge is 0.478 e. The van der Waals surface area contributed by atoms with E-state index in [2.05, 4.69) is 0 Å². The van der Waals surface area contributed by atoms with E-state index < -0.39 is 5.97 Å². The van der Waals surface area contributed by atoms with Crippen molar-refractivity contribution in [1.82, 2.24) is 0 Å². The normalized spacial score (nSPS) is 24.9. The van der Waals surface area contributed by atoms with E-state index in [1.54, 1.807) is 24.3 Å². The van der Waals surface area contributed by atoms with Crippen LogP contribution < -0.4 is 4.90 Å². The highest BCUT2D eigenvalue weighted by atomic mass is 16.4. The third-order valence-corrected chi connectivity index (χ3v) is 3.44. The zero-order valence-corrected chi connectivity index (χ0v) is 9.95. The number of rotatable bonds is 3. The van der Waals surface area contributed by atoms with E-state index in [4.69, 9.17) is 5.11 Å². The molecule has 96 valence electrons. The van der Waals surface area contributed by atoms with Crippen LogP contribution in [0.2, 0.25) is 0 Å². The first-order valence-corrected chi connectivity index (χ1v) is 5.97. The number of hydrogen-bond acceptors (Lipinski definition) is 3. The Morgan fingerprint density at radius 1 is 1.16 bits per heavy atom. The SMILES string of the molecule is O=C(O)/C=C/c1ccc(N2C(=O)C3CC3C2=O)cc1. The van der Waals surface area contributed by atoms with Gasteiger partial charge in [-0.3, -0.25) is 14.5 Å². The van der Waals surface area contributed by atoms with Crippen LogP contribution in [0.15, 0.2) is 30.3 Å². The van der Waals surface area contributed by atoms with Gasteiger partial charge in [-0.05, 0) is 30.2 Å². The van der Waals surface area contributed by atoms with Crippen LogP contribution in [0, 0.1) is 11.8 Å². The van der Waals surface area contributed by atoms with E-state index in [-0.39, 0.29) is 23.7 Å². The summed E-state index contributed by atoms with van der Waals surface area (Å²) in [6.07, 6.45) is 3.18. The van der Waals surface area contributed by atoms with Gasteiger partial charge >= 0.3 is 5.97 Å². The van der Waals surface area contributed by atoms with Gasteiger partial charge in [0.15, 0.2) is 0 Å². The predicted molar refractivity (Wildman–Crippen MR) is 67.2 cm³/mol. The molecule has 2 atom stereocenters. The fraction of sp³-hybridized carbons (Fsp3) is 0.214. The van der Waals surface area contributed by atoms with E-state index in [0.717, 1.165) is 6.08 Å². The van der Waals surface area contributed by atoms with Crippen molar-refractivity contribution in [3.05, 3.63) is 35.9 Å². The summed E-state index contributed by atoms with van der Waals surface area (Å²) in [6, 6.07) is 6.67. The monoisotopic (exact) mass is 257 g/mol. The first kappa shape index (κ1) is 11.6. The molecule has 0 radical (unpaired) electrons. The van der Waals surface area contributed by atoms with Crippen LogP contribution in [-0.4, -0.2) is 22.9 Å². The fourth-order valence-corrected chi connectivity index (χ4v) is 2.34. The number of fused-ring (bicyclic) bond motifs is 1. The molecule has 1 aromatic carbocycles. The van der Waals surface area contributed by atoms with Gasteiger partial charge in [0.2, 0.25) is 11.8 Å². The molecule has 1 N–H and O–H groups in total. The summed E-state index contributed by atoms with van der Waals surface area (Å²) in [6.45, 7) is 0. The van der Waals surface area contributed by atoms with Gasteiger partial charge in [-0.1, -0.05) is 12.1 Å². The average Bonchev–Trinajstić information content (AvgIpc) is 3.13. The maximum absolute atomic E-state index is 11.9. The number of carbonyl (C=O) groups is 3. The van der Waals surface area contributed by atoms with Crippen molar-refractivity contribution >= 4 is 29.5 Å². The van der Waals surface area contributed by atoms with Crippen LogP contribution in [0.25, 0.3) is 6.08 Å². The van der Waals surface area contributed by atoms with E-state index in [9.17, 15) is 14.4 Å². The minimum atomic E-state index is -1.02. The summed E-state index contributed by atoms with van der Waals surface area (Å²) in [5, 5.41) is 8.52. The highest BCUT2D eigenvalue weighted by Gasteiger charge is 2.59. The molecule has 0 aromatic heterocycles. The Kier molecular flexibility index (Phi) is 2.48. The molecule has 1 saturated heterocycles. The number of carboxylic acids is 1. The number of carbonyl (C=O) groups excluding carboxylic acids is 2. The van der Waals surface area contributed by atoms with Gasteiger partial charge in [-0.15, -0.1) is 0 Å². The van der Waals surface area contributed by atoms with Crippen LogP contribution in [-0.2, 0) is 14.4 Å². The summed E-state index contributed by atoms with van der Waals surface area (Å²) in [5.74, 6) is -1.49. The second-order valence-corrected chi connectivity index (χ2v) is 4.72. The summed E-state index contributed by atoms with van der Waals surface area (Å²) in [7, 11) is 0. The Labute approximate surface area is 109 Å². The van der Waals surface area contributed by atoms with Crippen LogP contribution in [0.5, 0.6) is 0 Å². The number of anilines is 1. The fourth-order valence-electron chi connectivity index (χ4n) is 2.34. The third-order valence-electron chi connectivity index (χ3n) is 3.44. The van der Waals surface area contributed by atoms with Gasteiger partial charge in [-0.25, -0.2) is 4.79 Å². The van der Waals surface area contributed by atoms with Crippen molar-refractivity contribution in [2.45, 2.75) is 6.42 Å². The zero-order valence-electron chi connectivity index (χ0n) is 9.95. The summed E-state index contributed by atoms with van der Waals surface area (Å²) in [5.41, 5.74) is 1.25. The number of piperidine rings is 1. The number of amides is 2. The molecule has 1 aliphatic carbocycles. The van der Waals surface area contributed by atoms with E-state index in [0.29, 0.717) is 17.7 Å². The van der Waals surface area contributed by atoms with Crippen molar-refractivity contribution in [2.24, 2.45) is 11.8 Å². The van der Waals surface area contributed by atoms with Crippen molar-refractivity contribution in [1.29, 1.82) is 0 Å². The molecule has 3 rings (SSSR count). The van der Waals surface area contributed by atoms with Gasteiger partial charge in [0, 0.05) is 6.08 Å². The molecule has 1 aliphatic heterocycles. The lowest BCUT2D eigenvalue weighted by atomic mass is 10.2. The minimum Gasteiger partial charge on any atom is -0.478 e. The topological polar surface area (TPSA) is 74.7 Å². The number of carboxylic acid groups (broad SMARTS) is 1. The van der Waals surface area contributed by atoms with Gasteiger partial charge in [0.1, 0.15) is 0 Å². The summed E-state index contributed by atoms with van der Waals surface area (Å²) in [4.78, 5) is 35.4. The standard InChI is InChI=1S/C14H11NO4/c16-12(17)6-3-8-1-4-9(5-2-8)15-13(18)10-7-11(10)14(15)19/h1-6,10-11H,7H2,(H,16,17)/b6-3+. The molecule has 2 amide bonds. The smallest absolute Gasteiger partial charge is 0.328 e. The molecule has 2 fully saturated rings. The molecule has 0 spiro atoms. The zero-order chi connectivity index (χ0) is 13.6. The molecule has 5 nitrogen and oxygen atoms in total. The molecule has 1 aromatic rings. The van der Waals surface area contributed by atoms with Crippen molar-refractivity contribution in [3.8, 4) is 0 Å². The Morgan fingerprint density at radius 2 is 1.74 bits per heavy atom. The highest BCUT2D eigenvalue weighted by Crippen LogP contribution is 2.48. The van der Waals surface area contributed by atoms with Crippen molar-refractivity contribution < 1.29 is 19.5 Å². The predicted octanol–water partition coefficient (Wildman–Crippen LogP) is 1.29. The molecule has 2 unspecified atom stereocenters. The Hall–Kier alpha value is -2.43. The van der Waals surface area contributed by atoms with E-state index >= 15 is 0 Å². The van der Waals surface area contributed by atoms with E-state index in [1.165, 1.54) is 11.0 Å². The van der Waals surface area contributed by atoms with Crippen molar-refractivity contribution in [2.75, 3.05) is 4.90 Å². The number of aliphatic carboxylic acids is 1. The van der Waals surface area contributed by atoms with Gasteiger partial charge in [0.05, 0.1) is 17.5 Å². The second-order valence-electron chi connectivity index (χ2n) is 4.72. The highest BCUT2D eigenvalue weighted by molar-refractivity contribution is 6.24. The van der Waals surface area contributed by atoms with E-state index in [1.807, 2.05) is 0 Å². The van der Waals surface area contributed by atoms with Crippen molar-refractivity contribution in [3.63, 3.8) is 0 Å². The Balaban J connectivity index is 1.81. The number of benzene rings is 1. The van der Waals surface area contributed by atoms with Crippen LogP contribution in [0.3, 0.4) is 0 Å². The minimum absolute atomic E-state index is 0.112. The Bertz CT molecular complexity index is 582. The molecule has 2 aliphatic rings. The summed E-state index contributed by atoms with van der Waals surface area (Å²) < 4.78 is 0. The molecule has 5 heteroatoms. The van der Waals surface area contributed by atoms with Crippen LogP contribution in [0.4, 0.5) is 5.69 Å². The molecular formula is C14H11NO4. The lowest BCUT2D eigenvalue weighted by molar-refractivity contribution is -0.131. The molecule has 19 heavy (non-hydrogen) atoms. The van der Waals surface area contributed by atoms with Gasteiger partial charge in [0.25, 0.3) is 0 Å². The Morgan fingerprint density at radius 3 is 2.26 bits per heavy atom. The molecule has 1 saturated carbocycles. The summed E-state index contributed by atoms with van der Waals surface area (Å²) >= 11 is 0. The first-order valence-electron chi connectivity index (χ1n) is 5.97. The number of imide groups is 1. The average molecular weight is 257 g/mol.